The van der Waals surface area contributed by atoms with Gasteiger partial charge in [-0.05, 0) is 36.8 Å². The average Bonchev–Trinajstić information content (AvgIpc) is 2.98. The number of aliphatic imine (C=N–C) groups is 1. The summed E-state index contributed by atoms with van der Waals surface area (Å²) in [5.41, 5.74) is 1.31. The second-order valence-electron chi connectivity index (χ2n) is 7.70. The number of aliphatic hydroxyl groups excluding tert-OH is 1. The van der Waals surface area contributed by atoms with E-state index in [0.29, 0.717) is 18.0 Å². The Morgan fingerprint density at radius 2 is 1.30 bits per heavy atom. The van der Waals surface area contributed by atoms with Crippen molar-refractivity contribution in [3.05, 3.63) is 84.9 Å². The molecular weight excluding hydrogens is 516 g/mol. The second kappa shape index (κ2) is 17.5. The molecule has 0 aromatic heterocycles. The van der Waals surface area contributed by atoms with Crippen LogP contribution in [-0.4, -0.2) is 55.6 Å². The molecular formula is C30H30N2O8. The lowest BCUT2D eigenvalue weighted by Gasteiger charge is -2.09. The van der Waals surface area contributed by atoms with Gasteiger partial charge in [0.1, 0.15) is 6.61 Å². The molecule has 0 radical (unpaired) electrons. The molecule has 0 atom stereocenters. The smallest absolute Gasteiger partial charge is 0.412 e. The largest absolute Gasteiger partial charge is 0.464 e. The lowest BCUT2D eigenvalue weighted by atomic mass is 10.1. The van der Waals surface area contributed by atoms with Crippen LogP contribution in [0, 0.1) is 0 Å². The number of carbonyl (C=O) groups excluding carboxylic acids is 4. The van der Waals surface area contributed by atoms with Crippen LogP contribution >= 0.6 is 0 Å². The number of hydrogen-bond acceptors (Lipinski definition) is 9. The zero-order valence-corrected chi connectivity index (χ0v) is 22.2. The van der Waals surface area contributed by atoms with Crippen LogP contribution in [0.5, 0.6) is 0 Å². The lowest BCUT2D eigenvalue weighted by Crippen LogP contribution is -2.20. The minimum Gasteiger partial charge on any atom is -0.464 e. The molecule has 4 rings (SSSR count). The number of ether oxygens (including phenoxy) is 3. The van der Waals surface area contributed by atoms with Gasteiger partial charge in [0.2, 0.25) is 6.08 Å². The minimum absolute atomic E-state index is 0.257. The Kier molecular flexibility index (Phi) is 13.6. The highest BCUT2D eigenvalue weighted by Gasteiger charge is 2.09. The zero-order valence-electron chi connectivity index (χ0n) is 22.2. The summed E-state index contributed by atoms with van der Waals surface area (Å²) in [5.74, 6) is -1.14. The summed E-state index contributed by atoms with van der Waals surface area (Å²) in [5, 5.41) is 14.6. The molecule has 208 valence electrons. The molecule has 0 bridgehead atoms. The highest BCUT2D eigenvalue weighted by Crippen LogP contribution is 2.25. The Bertz CT molecular complexity index is 1450. The Balaban J connectivity index is 0.000000239. The molecule has 0 aliphatic carbocycles. The first-order chi connectivity index (χ1) is 19.4. The maximum atomic E-state index is 11.6. The van der Waals surface area contributed by atoms with Crippen molar-refractivity contribution in [1.82, 2.24) is 0 Å². The number of benzene rings is 4. The number of amides is 1. The molecule has 2 N–H and O–H groups in total. The van der Waals surface area contributed by atoms with E-state index in [4.69, 9.17) is 9.84 Å². The predicted octanol–water partition coefficient (Wildman–Crippen LogP) is 5.30. The zero-order chi connectivity index (χ0) is 29.2. The molecule has 0 saturated heterocycles. The van der Waals surface area contributed by atoms with Crippen molar-refractivity contribution >= 4 is 57.0 Å². The van der Waals surface area contributed by atoms with E-state index in [-0.39, 0.29) is 6.61 Å². The monoisotopic (exact) mass is 546 g/mol. The van der Waals surface area contributed by atoms with Crippen molar-refractivity contribution in [2.45, 2.75) is 13.8 Å². The van der Waals surface area contributed by atoms with Gasteiger partial charge in [0.05, 0.1) is 24.6 Å². The highest BCUT2D eigenvalue weighted by atomic mass is 16.6. The first-order valence-corrected chi connectivity index (χ1v) is 12.3. The van der Waals surface area contributed by atoms with Crippen LogP contribution in [0.15, 0.2) is 89.9 Å². The Hall–Kier alpha value is -5.05. The van der Waals surface area contributed by atoms with E-state index >= 15 is 0 Å². The number of nitrogens with zero attached hydrogens (tertiary/aromatic N) is 1. The summed E-state index contributed by atoms with van der Waals surface area (Å²) in [6.07, 6.45) is 0.865. The first-order valence-electron chi connectivity index (χ1n) is 12.3. The van der Waals surface area contributed by atoms with E-state index in [9.17, 15) is 19.2 Å². The van der Waals surface area contributed by atoms with Gasteiger partial charge in [0.15, 0.2) is 6.61 Å². The molecule has 0 heterocycles. The number of esters is 2. The van der Waals surface area contributed by atoms with Gasteiger partial charge >= 0.3 is 18.0 Å². The highest BCUT2D eigenvalue weighted by molar-refractivity contribution is 6.00. The molecule has 0 spiro atoms. The fourth-order valence-electron chi connectivity index (χ4n) is 3.37. The van der Waals surface area contributed by atoms with Crippen LogP contribution in [0.3, 0.4) is 0 Å². The van der Waals surface area contributed by atoms with E-state index in [2.05, 4.69) is 19.8 Å². The number of carbonyl (C=O) groups is 3. The van der Waals surface area contributed by atoms with Crippen molar-refractivity contribution in [3.63, 3.8) is 0 Å². The molecule has 10 nitrogen and oxygen atoms in total. The van der Waals surface area contributed by atoms with Crippen LogP contribution in [0.25, 0.3) is 21.5 Å². The third-order valence-corrected chi connectivity index (χ3v) is 5.02. The predicted molar refractivity (Wildman–Crippen MR) is 151 cm³/mol. The first kappa shape index (κ1) is 31.2. The number of hydrogen-bond donors (Lipinski definition) is 2. The van der Waals surface area contributed by atoms with Gasteiger partial charge in [-0.25, -0.2) is 19.2 Å². The molecule has 40 heavy (non-hydrogen) atoms. The van der Waals surface area contributed by atoms with E-state index in [1.807, 2.05) is 72.8 Å². The SMILES string of the molecule is CCOC(=O)CO.CCOC(=O)COC(=O)Nc1cccc2ccccc12.O=C=Nc1cccc2ccccc12. The van der Waals surface area contributed by atoms with Gasteiger partial charge in [-0.3, -0.25) is 5.32 Å². The van der Waals surface area contributed by atoms with Gasteiger partial charge in [-0.2, -0.15) is 4.99 Å². The summed E-state index contributed by atoms with van der Waals surface area (Å²) in [7, 11) is 0. The van der Waals surface area contributed by atoms with E-state index in [1.54, 1.807) is 32.1 Å². The van der Waals surface area contributed by atoms with Gasteiger partial charge in [-0.15, -0.1) is 0 Å². The summed E-state index contributed by atoms with van der Waals surface area (Å²) in [6, 6.07) is 26.7. The fourth-order valence-corrected chi connectivity index (χ4v) is 3.37. The molecule has 0 unspecified atom stereocenters. The molecule has 1 amide bonds. The van der Waals surface area contributed by atoms with Crippen LogP contribution in [0.4, 0.5) is 16.2 Å². The van der Waals surface area contributed by atoms with Gasteiger partial charge in [0, 0.05) is 10.8 Å². The van der Waals surface area contributed by atoms with E-state index in [0.717, 1.165) is 21.5 Å². The average molecular weight is 547 g/mol. The maximum Gasteiger partial charge on any atom is 0.412 e. The van der Waals surface area contributed by atoms with Crippen LogP contribution in [0.1, 0.15) is 13.8 Å². The van der Waals surface area contributed by atoms with Gasteiger partial charge in [0.25, 0.3) is 0 Å². The van der Waals surface area contributed by atoms with Crippen molar-refractivity contribution in [1.29, 1.82) is 0 Å². The van der Waals surface area contributed by atoms with Crippen molar-refractivity contribution in [2.24, 2.45) is 4.99 Å². The van der Waals surface area contributed by atoms with E-state index < -0.39 is 31.2 Å². The molecule has 0 saturated carbocycles. The number of anilines is 1. The lowest BCUT2D eigenvalue weighted by molar-refractivity contribution is -0.147. The van der Waals surface area contributed by atoms with E-state index in [1.165, 1.54) is 0 Å². The summed E-state index contributed by atoms with van der Waals surface area (Å²) in [6.45, 7) is 3.05. The fraction of sp³-hybridized carbons (Fsp3) is 0.200. The molecule has 0 aliphatic heterocycles. The Morgan fingerprint density at radius 1 is 0.750 bits per heavy atom. The summed E-state index contributed by atoms with van der Waals surface area (Å²) in [4.78, 5) is 46.4. The standard InChI is InChI=1S/C15H15NO4.C11H7NO.C4H8O3/c1-2-19-14(17)10-20-15(18)16-13-9-5-7-11-6-3-4-8-12(11)13;13-8-12-11-7-3-5-9-4-1-2-6-10(9)11;1-2-7-4(6)3-5/h3-9H,2,10H2,1H3,(H,16,18);1-7H;5H,2-3H2,1H3. The number of aliphatic hydroxyl groups is 1. The minimum atomic E-state index is -0.686. The number of nitrogens with one attached hydrogen (secondary N) is 1. The second-order valence-corrected chi connectivity index (χ2v) is 7.70. The molecule has 4 aromatic carbocycles. The number of fused-ring (bicyclic) bond motifs is 2. The number of rotatable bonds is 7. The summed E-state index contributed by atoms with van der Waals surface area (Å²) < 4.78 is 13.8. The van der Waals surface area contributed by atoms with Crippen LogP contribution < -0.4 is 5.32 Å². The maximum absolute atomic E-state index is 11.6. The van der Waals surface area contributed by atoms with Crippen molar-refractivity contribution in [3.8, 4) is 0 Å². The normalized spacial score (nSPS) is 9.57. The van der Waals surface area contributed by atoms with Crippen molar-refractivity contribution in [2.75, 3.05) is 31.7 Å². The van der Waals surface area contributed by atoms with Crippen LogP contribution in [-0.2, 0) is 28.6 Å². The Labute approximate surface area is 231 Å². The Morgan fingerprint density at radius 3 is 1.90 bits per heavy atom. The third kappa shape index (κ3) is 10.4. The van der Waals surface area contributed by atoms with Crippen LogP contribution in [0.2, 0.25) is 0 Å². The van der Waals surface area contributed by atoms with Gasteiger partial charge < -0.3 is 19.3 Å². The molecule has 0 fully saturated rings. The number of isocyanates is 1. The molecule has 10 heteroatoms. The summed E-state index contributed by atoms with van der Waals surface area (Å²) >= 11 is 0. The quantitative estimate of drug-likeness (QED) is 0.138. The topological polar surface area (TPSA) is 141 Å². The molecule has 4 aromatic rings. The third-order valence-electron chi connectivity index (χ3n) is 5.02. The molecule has 0 aliphatic rings. The van der Waals surface area contributed by atoms with Crippen molar-refractivity contribution < 1.29 is 38.5 Å². The van der Waals surface area contributed by atoms with Gasteiger partial charge in [-0.1, -0.05) is 72.8 Å².